The van der Waals surface area contributed by atoms with Crippen LogP contribution in [0.25, 0.3) is 0 Å². The molecule has 3 aromatic carbocycles. The van der Waals surface area contributed by atoms with Gasteiger partial charge in [-0.15, -0.1) is 0 Å². The molecule has 1 saturated heterocycles. The maximum atomic E-state index is 14.1. The van der Waals surface area contributed by atoms with Crippen LogP contribution in [0.1, 0.15) is 57.6 Å². The third-order valence-corrected chi connectivity index (χ3v) is 8.23. The van der Waals surface area contributed by atoms with E-state index in [0.717, 1.165) is 29.8 Å². The third-order valence-electron chi connectivity index (χ3n) is 8.23. The Hall–Kier alpha value is -4.23. The van der Waals surface area contributed by atoms with Gasteiger partial charge in [0.05, 0.1) is 18.8 Å². The lowest BCUT2D eigenvalue weighted by atomic mass is 9.90. The van der Waals surface area contributed by atoms with Gasteiger partial charge in [0.15, 0.2) is 29.6 Å². The van der Waals surface area contributed by atoms with Crippen LogP contribution in [0.5, 0.6) is 0 Å². The lowest BCUT2D eigenvalue weighted by Gasteiger charge is -2.42. The van der Waals surface area contributed by atoms with E-state index >= 15 is 0 Å². The fourth-order valence-electron chi connectivity index (χ4n) is 5.45. The topological polar surface area (TPSA) is 83.9 Å². The van der Waals surface area contributed by atoms with E-state index in [0.29, 0.717) is 17.7 Å². The molecule has 4 aromatic rings. The minimum absolute atomic E-state index is 0.0417. The van der Waals surface area contributed by atoms with Crippen molar-refractivity contribution in [1.82, 2.24) is 15.2 Å². The Morgan fingerprint density at radius 1 is 0.851 bits per heavy atom. The predicted molar refractivity (Wildman–Crippen MR) is 162 cm³/mol. The van der Waals surface area contributed by atoms with Gasteiger partial charge in [0, 0.05) is 49.4 Å². The summed E-state index contributed by atoms with van der Waals surface area (Å²) in [6.45, 7) is 3.11. The normalized spacial score (nSPS) is 19.6. The number of carbonyl (C=O) groups is 1. The van der Waals surface area contributed by atoms with Crippen LogP contribution in [0, 0.1) is 35.0 Å². The Kier molecular flexibility index (Phi) is 11.0. The molecule has 1 aliphatic heterocycles. The molecule has 1 fully saturated rings. The van der Waals surface area contributed by atoms with E-state index in [1.54, 1.807) is 30.5 Å². The number of likely N-dealkylation sites (N-methyl/N-ethyl adjacent to an activating group) is 1. The van der Waals surface area contributed by atoms with Crippen molar-refractivity contribution in [2.45, 2.75) is 45.0 Å². The van der Waals surface area contributed by atoms with Crippen LogP contribution in [0.4, 0.5) is 22.0 Å². The zero-order valence-electron chi connectivity index (χ0n) is 25.7. The number of hydrogen-bond donors (Lipinski definition) is 2. The molecule has 0 aliphatic carbocycles. The molecule has 0 bridgehead atoms. The van der Waals surface area contributed by atoms with Crippen LogP contribution in [0.2, 0.25) is 0 Å². The van der Waals surface area contributed by atoms with Crippen LogP contribution in [0.3, 0.4) is 0 Å². The first-order valence-electron chi connectivity index (χ1n) is 15.0. The zero-order valence-corrected chi connectivity index (χ0v) is 25.7. The lowest BCUT2D eigenvalue weighted by Crippen LogP contribution is -2.43. The number of ether oxygens (including phenoxy) is 2. The monoisotopic (exact) mass is 655 g/mol. The van der Waals surface area contributed by atoms with E-state index in [9.17, 15) is 31.9 Å². The SMILES string of the molecule is CC1C(CN(C)CCc2ccccn2)OC(c2ccc(CNC(=O)c3c(F)c(F)c(F)c(F)c3F)cc2)OC1c1ccc(CO)cc1. The highest BCUT2D eigenvalue weighted by molar-refractivity contribution is 5.94. The maximum absolute atomic E-state index is 14.1. The largest absolute Gasteiger partial charge is 0.392 e. The van der Waals surface area contributed by atoms with Crippen LogP contribution >= 0.6 is 0 Å². The van der Waals surface area contributed by atoms with Crippen molar-refractivity contribution in [1.29, 1.82) is 0 Å². The van der Waals surface area contributed by atoms with Gasteiger partial charge in [-0.05, 0) is 35.9 Å². The van der Waals surface area contributed by atoms with E-state index in [-0.39, 0.29) is 31.3 Å². The molecule has 47 heavy (non-hydrogen) atoms. The Labute approximate surface area is 269 Å². The Bertz CT molecular complexity index is 1650. The second-order valence-corrected chi connectivity index (χ2v) is 11.5. The van der Waals surface area contributed by atoms with Crippen molar-refractivity contribution in [2.24, 2.45) is 5.92 Å². The summed E-state index contributed by atoms with van der Waals surface area (Å²) >= 11 is 0. The predicted octanol–water partition coefficient (Wildman–Crippen LogP) is 6.17. The van der Waals surface area contributed by atoms with Gasteiger partial charge in [0.1, 0.15) is 5.56 Å². The van der Waals surface area contributed by atoms with Crippen molar-refractivity contribution in [3.05, 3.63) is 136 Å². The summed E-state index contributed by atoms with van der Waals surface area (Å²) in [5, 5.41) is 11.7. The quantitative estimate of drug-likeness (QED) is 0.114. The Morgan fingerprint density at radius 3 is 2.09 bits per heavy atom. The third kappa shape index (κ3) is 7.84. The van der Waals surface area contributed by atoms with Gasteiger partial charge in [0.2, 0.25) is 5.82 Å². The Balaban J connectivity index is 1.29. The fourth-order valence-corrected chi connectivity index (χ4v) is 5.45. The lowest BCUT2D eigenvalue weighted by molar-refractivity contribution is -0.275. The number of aliphatic hydroxyl groups excluding tert-OH is 1. The van der Waals surface area contributed by atoms with Crippen molar-refractivity contribution in [3.8, 4) is 0 Å². The van der Waals surface area contributed by atoms with Gasteiger partial charge in [-0.25, -0.2) is 22.0 Å². The number of carbonyl (C=O) groups excluding carboxylic acids is 1. The molecule has 0 spiro atoms. The molecule has 12 heteroatoms. The standard InChI is InChI=1S/C35H34F5N3O4/c1-20-26(18-43(2)16-14-25-5-3-4-15-41-25)46-35(47-33(20)23-10-8-22(19-44)9-11-23)24-12-6-21(7-13-24)17-42-34(45)27-28(36)30(38)32(40)31(39)29(27)37/h3-13,15,20,26,33,35,44H,14,16-19H2,1-2H3,(H,42,45). The van der Waals surface area contributed by atoms with Crippen LogP contribution in [0.15, 0.2) is 72.9 Å². The van der Waals surface area contributed by atoms with Gasteiger partial charge < -0.3 is 24.8 Å². The highest BCUT2D eigenvalue weighted by Crippen LogP contribution is 2.41. The van der Waals surface area contributed by atoms with Gasteiger partial charge in [-0.1, -0.05) is 61.5 Å². The number of halogens is 5. The number of nitrogens with one attached hydrogen (secondary N) is 1. The number of benzene rings is 3. The number of pyridine rings is 1. The summed E-state index contributed by atoms with van der Waals surface area (Å²) in [5.41, 5.74) is 2.31. The van der Waals surface area contributed by atoms with E-state index in [2.05, 4.69) is 22.1 Å². The summed E-state index contributed by atoms with van der Waals surface area (Å²) in [6.07, 6.45) is 1.21. The van der Waals surface area contributed by atoms with Crippen molar-refractivity contribution in [3.63, 3.8) is 0 Å². The molecule has 4 atom stereocenters. The van der Waals surface area contributed by atoms with Gasteiger partial charge in [0.25, 0.3) is 5.91 Å². The average Bonchev–Trinajstić information content (AvgIpc) is 3.09. The number of nitrogens with zero attached hydrogens (tertiary/aromatic N) is 2. The minimum Gasteiger partial charge on any atom is -0.392 e. The number of aromatic nitrogens is 1. The van der Waals surface area contributed by atoms with E-state index in [1.165, 1.54) is 0 Å². The molecular weight excluding hydrogens is 621 g/mol. The molecule has 1 aromatic heterocycles. The minimum atomic E-state index is -2.34. The molecule has 0 saturated carbocycles. The van der Waals surface area contributed by atoms with Crippen molar-refractivity contribution >= 4 is 5.91 Å². The molecule has 1 amide bonds. The number of amides is 1. The number of hydrogen-bond acceptors (Lipinski definition) is 6. The first kappa shape index (κ1) is 34.1. The molecular formula is C35H34F5N3O4. The smallest absolute Gasteiger partial charge is 0.257 e. The highest BCUT2D eigenvalue weighted by Gasteiger charge is 2.39. The molecule has 1 aliphatic rings. The summed E-state index contributed by atoms with van der Waals surface area (Å²) in [6, 6.07) is 20.1. The van der Waals surface area contributed by atoms with E-state index in [1.807, 2.05) is 49.5 Å². The first-order valence-corrected chi connectivity index (χ1v) is 15.0. The summed E-state index contributed by atoms with van der Waals surface area (Å²) in [7, 11) is 2.02. The first-order chi connectivity index (χ1) is 22.6. The van der Waals surface area contributed by atoms with E-state index < -0.39 is 46.8 Å². The molecule has 7 nitrogen and oxygen atoms in total. The summed E-state index contributed by atoms with van der Waals surface area (Å²) in [4.78, 5) is 19.0. The molecule has 4 unspecified atom stereocenters. The molecule has 5 rings (SSSR count). The van der Waals surface area contributed by atoms with E-state index in [4.69, 9.17) is 9.47 Å². The van der Waals surface area contributed by atoms with Crippen LogP contribution < -0.4 is 5.32 Å². The van der Waals surface area contributed by atoms with Crippen molar-refractivity contribution in [2.75, 3.05) is 20.1 Å². The fraction of sp³-hybridized carbons (Fsp3) is 0.314. The Morgan fingerprint density at radius 2 is 1.47 bits per heavy atom. The number of rotatable bonds is 11. The number of aliphatic hydroxyl groups is 1. The van der Waals surface area contributed by atoms with Crippen molar-refractivity contribution < 1.29 is 41.3 Å². The van der Waals surface area contributed by atoms with Gasteiger partial charge >= 0.3 is 0 Å². The second-order valence-electron chi connectivity index (χ2n) is 11.5. The van der Waals surface area contributed by atoms with Crippen LogP contribution in [-0.4, -0.2) is 47.1 Å². The maximum Gasteiger partial charge on any atom is 0.257 e. The molecule has 0 radical (unpaired) electrons. The molecule has 2 heterocycles. The van der Waals surface area contributed by atoms with Gasteiger partial charge in [-0.3, -0.25) is 9.78 Å². The molecule has 2 N–H and O–H groups in total. The van der Waals surface area contributed by atoms with Gasteiger partial charge in [-0.2, -0.15) is 0 Å². The second kappa shape index (κ2) is 15.1. The zero-order chi connectivity index (χ0) is 33.7. The molecule has 248 valence electrons. The average molecular weight is 656 g/mol. The summed E-state index contributed by atoms with van der Waals surface area (Å²) in [5.74, 6) is -12.6. The van der Waals surface area contributed by atoms with Crippen LogP contribution in [-0.2, 0) is 29.0 Å². The highest BCUT2D eigenvalue weighted by atomic mass is 19.2. The summed E-state index contributed by atoms with van der Waals surface area (Å²) < 4.78 is 81.6.